The molecule has 0 spiro atoms. The van der Waals surface area contributed by atoms with E-state index in [4.69, 9.17) is 8.92 Å². The molecule has 17 heavy (non-hydrogen) atoms. The van der Waals surface area contributed by atoms with E-state index in [1.165, 1.54) is 11.1 Å². The molecule has 0 radical (unpaired) electrons. The maximum Gasteiger partial charge on any atom is 0.264 e. The molecule has 0 amide bonds. The molecule has 1 unspecified atom stereocenters. The lowest BCUT2D eigenvalue weighted by molar-refractivity contribution is 0.262. The van der Waals surface area contributed by atoms with Gasteiger partial charge >= 0.3 is 0 Å². The van der Waals surface area contributed by atoms with Gasteiger partial charge in [0.2, 0.25) is 0 Å². The molecule has 0 aromatic heterocycles. The molecule has 0 aliphatic heterocycles. The van der Waals surface area contributed by atoms with Crippen LogP contribution in [0.1, 0.15) is 11.1 Å². The molecule has 0 heterocycles. The quantitative estimate of drug-likeness (QED) is 0.764. The van der Waals surface area contributed by atoms with Gasteiger partial charge < -0.3 is 4.74 Å². The molecule has 0 fully saturated rings. The Bertz CT molecular complexity index is 507. The lowest BCUT2D eigenvalue weighted by atomic mass is 10.1. The van der Waals surface area contributed by atoms with Crippen molar-refractivity contribution in [1.29, 1.82) is 0 Å². The van der Waals surface area contributed by atoms with Crippen molar-refractivity contribution in [3.63, 3.8) is 0 Å². The van der Waals surface area contributed by atoms with Crippen LogP contribution in [0, 0.1) is 5.92 Å². The standard InChI is InChI=1S/C12H16O4S/c1-15-12-4-3-10-5-9(6-11(10)7-12)8-16-17(2,13)14/h3-4,7,9H,5-6,8H2,1-2H3. The van der Waals surface area contributed by atoms with Gasteiger partial charge in [-0.25, -0.2) is 0 Å². The number of fused-ring (bicyclic) bond motifs is 1. The van der Waals surface area contributed by atoms with Gasteiger partial charge in [0.1, 0.15) is 5.75 Å². The minimum atomic E-state index is -3.34. The summed E-state index contributed by atoms with van der Waals surface area (Å²) in [4.78, 5) is 0. The van der Waals surface area contributed by atoms with Crippen LogP contribution in [-0.2, 0) is 27.1 Å². The maximum absolute atomic E-state index is 10.9. The zero-order chi connectivity index (χ0) is 12.5. The molecule has 2 rings (SSSR count). The summed E-state index contributed by atoms with van der Waals surface area (Å²) in [6.45, 7) is 0.260. The molecule has 5 heteroatoms. The van der Waals surface area contributed by atoms with Crippen LogP contribution in [-0.4, -0.2) is 28.4 Å². The number of benzene rings is 1. The summed E-state index contributed by atoms with van der Waals surface area (Å²) >= 11 is 0. The van der Waals surface area contributed by atoms with Crippen LogP contribution in [0.5, 0.6) is 5.75 Å². The van der Waals surface area contributed by atoms with Gasteiger partial charge in [-0.1, -0.05) is 6.07 Å². The van der Waals surface area contributed by atoms with Gasteiger partial charge in [0.15, 0.2) is 0 Å². The number of methoxy groups -OCH3 is 1. The normalized spacial score (nSPS) is 19.1. The van der Waals surface area contributed by atoms with Crippen LogP contribution in [0.3, 0.4) is 0 Å². The molecule has 1 aromatic carbocycles. The molecule has 1 aliphatic carbocycles. The molecular weight excluding hydrogens is 240 g/mol. The van der Waals surface area contributed by atoms with Crippen molar-refractivity contribution >= 4 is 10.1 Å². The fraction of sp³-hybridized carbons (Fsp3) is 0.500. The lowest BCUT2D eigenvalue weighted by Crippen LogP contribution is -2.13. The summed E-state index contributed by atoms with van der Waals surface area (Å²) in [6, 6.07) is 5.98. The fourth-order valence-corrected chi connectivity index (χ4v) is 2.59. The fourth-order valence-electron chi connectivity index (χ4n) is 2.15. The first kappa shape index (κ1) is 12.4. The van der Waals surface area contributed by atoms with Gasteiger partial charge in [-0.15, -0.1) is 0 Å². The van der Waals surface area contributed by atoms with Crippen molar-refractivity contribution in [2.45, 2.75) is 12.8 Å². The summed E-state index contributed by atoms with van der Waals surface area (Å²) in [5, 5.41) is 0. The molecule has 4 nitrogen and oxygen atoms in total. The van der Waals surface area contributed by atoms with Crippen LogP contribution in [0.15, 0.2) is 18.2 Å². The van der Waals surface area contributed by atoms with Crippen LogP contribution < -0.4 is 4.74 Å². The van der Waals surface area contributed by atoms with Crippen LogP contribution in [0.25, 0.3) is 0 Å². The van der Waals surface area contributed by atoms with Crippen molar-refractivity contribution < 1.29 is 17.3 Å². The van der Waals surface area contributed by atoms with Gasteiger partial charge in [-0.3, -0.25) is 4.18 Å². The molecular formula is C12H16O4S. The number of hydrogen-bond donors (Lipinski definition) is 0. The molecule has 0 saturated heterocycles. The summed E-state index contributed by atoms with van der Waals surface area (Å²) in [5.41, 5.74) is 2.49. The second-order valence-electron chi connectivity index (χ2n) is 4.40. The summed E-state index contributed by atoms with van der Waals surface area (Å²) in [5.74, 6) is 1.08. The van der Waals surface area contributed by atoms with Crippen LogP contribution in [0.2, 0.25) is 0 Å². The van der Waals surface area contributed by atoms with Crippen molar-refractivity contribution in [3.8, 4) is 5.75 Å². The van der Waals surface area contributed by atoms with Gasteiger partial charge in [0.25, 0.3) is 10.1 Å². The molecule has 0 bridgehead atoms. The molecule has 94 valence electrons. The largest absolute Gasteiger partial charge is 0.497 e. The third-order valence-electron chi connectivity index (χ3n) is 2.95. The van der Waals surface area contributed by atoms with E-state index in [0.717, 1.165) is 24.8 Å². The first-order chi connectivity index (χ1) is 7.98. The smallest absolute Gasteiger partial charge is 0.264 e. The Morgan fingerprint density at radius 1 is 1.29 bits per heavy atom. The van der Waals surface area contributed by atoms with E-state index in [9.17, 15) is 8.42 Å². The maximum atomic E-state index is 10.9. The Labute approximate surface area is 102 Å². The Morgan fingerprint density at radius 2 is 2.00 bits per heavy atom. The molecule has 0 saturated carbocycles. The van der Waals surface area contributed by atoms with Crippen molar-refractivity contribution in [2.75, 3.05) is 20.0 Å². The van der Waals surface area contributed by atoms with E-state index in [1.54, 1.807) is 7.11 Å². The summed E-state index contributed by atoms with van der Waals surface area (Å²) < 4.78 is 31.8. The highest BCUT2D eigenvalue weighted by molar-refractivity contribution is 7.85. The minimum absolute atomic E-state index is 0.242. The van der Waals surface area contributed by atoms with Crippen molar-refractivity contribution in [2.24, 2.45) is 5.92 Å². The predicted octanol–water partition coefficient (Wildman–Crippen LogP) is 1.39. The summed E-state index contributed by atoms with van der Waals surface area (Å²) in [6.07, 6.45) is 2.80. The highest BCUT2D eigenvalue weighted by atomic mass is 32.2. The Morgan fingerprint density at radius 3 is 2.65 bits per heavy atom. The Hall–Kier alpha value is -1.07. The Kier molecular flexibility index (Phi) is 3.40. The second kappa shape index (κ2) is 4.66. The van der Waals surface area contributed by atoms with Gasteiger partial charge in [0, 0.05) is 0 Å². The van der Waals surface area contributed by atoms with Crippen molar-refractivity contribution in [3.05, 3.63) is 29.3 Å². The number of hydrogen-bond acceptors (Lipinski definition) is 4. The first-order valence-electron chi connectivity index (χ1n) is 5.48. The van der Waals surface area contributed by atoms with Gasteiger partial charge in [0.05, 0.1) is 20.0 Å². The monoisotopic (exact) mass is 256 g/mol. The molecule has 1 atom stereocenters. The highest BCUT2D eigenvalue weighted by Crippen LogP contribution is 2.30. The van der Waals surface area contributed by atoms with E-state index >= 15 is 0 Å². The minimum Gasteiger partial charge on any atom is -0.497 e. The average molecular weight is 256 g/mol. The van der Waals surface area contributed by atoms with Crippen molar-refractivity contribution in [1.82, 2.24) is 0 Å². The van der Waals surface area contributed by atoms with E-state index in [-0.39, 0.29) is 12.5 Å². The summed E-state index contributed by atoms with van der Waals surface area (Å²) in [7, 11) is -1.70. The number of ether oxygens (including phenoxy) is 1. The van der Waals surface area contributed by atoms with E-state index in [1.807, 2.05) is 18.2 Å². The molecule has 1 aromatic rings. The third-order valence-corrected chi connectivity index (χ3v) is 3.51. The number of rotatable bonds is 4. The van der Waals surface area contributed by atoms with Gasteiger partial charge in [-0.05, 0) is 42.0 Å². The van der Waals surface area contributed by atoms with Crippen LogP contribution >= 0.6 is 0 Å². The lowest BCUT2D eigenvalue weighted by Gasteiger charge is -2.07. The predicted molar refractivity (Wildman–Crippen MR) is 64.7 cm³/mol. The third kappa shape index (κ3) is 3.20. The topological polar surface area (TPSA) is 52.6 Å². The highest BCUT2D eigenvalue weighted by Gasteiger charge is 2.23. The SMILES string of the molecule is COc1ccc2c(c1)CC(COS(C)(=O)=O)C2. The zero-order valence-corrected chi connectivity index (χ0v) is 10.8. The first-order valence-corrected chi connectivity index (χ1v) is 7.30. The second-order valence-corrected chi connectivity index (χ2v) is 6.04. The average Bonchev–Trinajstić information content (AvgIpc) is 2.66. The van der Waals surface area contributed by atoms with E-state index in [0.29, 0.717) is 0 Å². The zero-order valence-electron chi connectivity index (χ0n) is 9.97. The van der Waals surface area contributed by atoms with Crippen LogP contribution in [0.4, 0.5) is 0 Å². The molecule has 0 N–H and O–H groups in total. The molecule has 1 aliphatic rings. The van der Waals surface area contributed by atoms with E-state index in [2.05, 4.69) is 0 Å². The van der Waals surface area contributed by atoms with E-state index < -0.39 is 10.1 Å². The Balaban J connectivity index is 2.01. The van der Waals surface area contributed by atoms with Gasteiger partial charge in [-0.2, -0.15) is 8.42 Å².